The van der Waals surface area contributed by atoms with Crippen molar-refractivity contribution in [3.63, 3.8) is 0 Å². The van der Waals surface area contributed by atoms with Gasteiger partial charge in [0.1, 0.15) is 0 Å². The average molecular weight is 294 g/mol. The second-order valence-electron chi connectivity index (χ2n) is 5.03. The molecule has 0 aliphatic rings. The lowest BCUT2D eigenvalue weighted by molar-refractivity contribution is 0.432. The molecule has 0 aliphatic carbocycles. The quantitative estimate of drug-likeness (QED) is 0.651. The topological polar surface area (TPSA) is 69.6 Å². The lowest BCUT2D eigenvalue weighted by Gasteiger charge is -2.13. The molecule has 0 amide bonds. The fourth-order valence-electron chi connectivity index (χ4n) is 2.16. The van der Waals surface area contributed by atoms with Crippen molar-refractivity contribution in [2.45, 2.75) is 45.6 Å². The van der Waals surface area contributed by atoms with Crippen LogP contribution in [0.1, 0.15) is 45.6 Å². The summed E-state index contributed by atoms with van der Waals surface area (Å²) in [6.45, 7) is 4.33. The first-order chi connectivity index (χ1) is 9.63. The van der Waals surface area contributed by atoms with Gasteiger partial charge < -0.3 is 5.73 Å². The second kappa shape index (κ2) is 6.70. The summed E-state index contributed by atoms with van der Waals surface area (Å²) in [5.41, 5.74) is 7.18. The molecule has 5 nitrogen and oxygen atoms in total. The Bertz CT molecular complexity index is 566. The summed E-state index contributed by atoms with van der Waals surface area (Å²) in [5, 5.41) is 12.5. The Balaban J connectivity index is 2.21. The molecule has 1 aromatic carbocycles. The SMILES string of the molecule is CCCCCC(C)n1nnnc1-c1ccc(N)c(Cl)c1. The molecular weight excluding hydrogens is 274 g/mol. The predicted molar refractivity (Wildman–Crippen MR) is 81.5 cm³/mol. The molecule has 2 aromatic rings. The van der Waals surface area contributed by atoms with Crippen LogP contribution in [0.4, 0.5) is 5.69 Å². The van der Waals surface area contributed by atoms with Gasteiger partial charge in [-0.05, 0) is 42.0 Å². The normalized spacial score (nSPS) is 12.6. The second-order valence-corrected chi connectivity index (χ2v) is 5.44. The number of nitrogens with zero attached hydrogens (tertiary/aromatic N) is 4. The van der Waals surface area contributed by atoms with E-state index in [0.717, 1.165) is 17.8 Å². The number of tetrazole rings is 1. The molecule has 0 radical (unpaired) electrons. The molecule has 0 aliphatic heterocycles. The molecule has 0 fully saturated rings. The van der Waals surface area contributed by atoms with Crippen LogP contribution in [0.3, 0.4) is 0 Å². The molecule has 2 rings (SSSR count). The molecule has 1 unspecified atom stereocenters. The minimum atomic E-state index is 0.267. The Morgan fingerprint density at radius 2 is 2.15 bits per heavy atom. The van der Waals surface area contributed by atoms with E-state index in [-0.39, 0.29) is 6.04 Å². The van der Waals surface area contributed by atoms with E-state index in [1.165, 1.54) is 19.3 Å². The Kier molecular flexibility index (Phi) is 4.95. The van der Waals surface area contributed by atoms with E-state index >= 15 is 0 Å². The molecule has 2 N–H and O–H groups in total. The van der Waals surface area contributed by atoms with Gasteiger partial charge in [-0.1, -0.05) is 37.8 Å². The molecule has 0 spiro atoms. The summed E-state index contributed by atoms with van der Waals surface area (Å²) < 4.78 is 1.86. The Labute approximate surface area is 124 Å². The number of nitrogen functional groups attached to an aromatic ring is 1. The Morgan fingerprint density at radius 3 is 2.85 bits per heavy atom. The molecule has 6 heteroatoms. The zero-order valence-corrected chi connectivity index (χ0v) is 12.6. The van der Waals surface area contributed by atoms with Gasteiger partial charge in [0.2, 0.25) is 0 Å². The van der Waals surface area contributed by atoms with Gasteiger partial charge in [0.15, 0.2) is 5.82 Å². The van der Waals surface area contributed by atoms with Crippen molar-refractivity contribution in [3.8, 4) is 11.4 Å². The molecule has 1 atom stereocenters. The highest BCUT2D eigenvalue weighted by molar-refractivity contribution is 6.33. The van der Waals surface area contributed by atoms with Gasteiger partial charge in [-0.15, -0.1) is 5.10 Å². The van der Waals surface area contributed by atoms with Crippen LogP contribution in [0.5, 0.6) is 0 Å². The van der Waals surface area contributed by atoms with Gasteiger partial charge in [-0.3, -0.25) is 0 Å². The summed E-state index contributed by atoms with van der Waals surface area (Å²) in [7, 11) is 0. The highest BCUT2D eigenvalue weighted by Gasteiger charge is 2.15. The summed E-state index contributed by atoms with van der Waals surface area (Å²) >= 11 is 6.06. The van der Waals surface area contributed by atoms with Gasteiger partial charge in [0.25, 0.3) is 0 Å². The van der Waals surface area contributed by atoms with Crippen LogP contribution >= 0.6 is 11.6 Å². The van der Waals surface area contributed by atoms with Gasteiger partial charge >= 0.3 is 0 Å². The molecule has 20 heavy (non-hydrogen) atoms. The van der Waals surface area contributed by atoms with Gasteiger partial charge in [0.05, 0.1) is 16.8 Å². The zero-order chi connectivity index (χ0) is 14.5. The minimum absolute atomic E-state index is 0.267. The molecular formula is C14H20ClN5. The van der Waals surface area contributed by atoms with Crippen LogP contribution in [0.2, 0.25) is 5.02 Å². The maximum Gasteiger partial charge on any atom is 0.182 e. The van der Waals surface area contributed by atoms with Crippen LogP contribution < -0.4 is 5.73 Å². The monoisotopic (exact) mass is 293 g/mol. The first-order valence-corrected chi connectivity index (χ1v) is 7.34. The van der Waals surface area contributed by atoms with Crippen molar-refractivity contribution in [2.24, 2.45) is 0 Å². The lowest BCUT2D eigenvalue weighted by atomic mass is 10.1. The lowest BCUT2D eigenvalue weighted by Crippen LogP contribution is -2.09. The molecule has 1 heterocycles. The first kappa shape index (κ1) is 14.8. The van der Waals surface area contributed by atoms with Crippen molar-refractivity contribution in [2.75, 3.05) is 5.73 Å². The van der Waals surface area contributed by atoms with E-state index < -0.39 is 0 Å². The number of benzene rings is 1. The number of rotatable bonds is 6. The number of halogens is 1. The van der Waals surface area contributed by atoms with Gasteiger partial charge in [-0.25, -0.2) is 4.68 Å². The number of hydrogen-bond acceptors (Lipinski definition) is 4. The predicted octanol–water partition coefficient (Wildman–Crippen LogP) is 3.72. The third kappa shape index (κ3) is 3.28. The van der Waals surface area contributed by atoms with E-state index in [1.54, 1.807) is 12.1 Å². The third-order valence-corrected chi connectivity index (χ3v) is 3.72. The zero-order valence-electron chi connectivity index (χ0n) is 11.9. The standard InChI is InChI=1S/C14H20ClN5/c1-3-4-5-6-10(2)20-14(17-18-19-20)11-7-8-13(16)12(15)9-11/h7-10H,3-6,16H2,1-2H3. The number of hydrogen-bond donors (Lipinski definition) is 1. The molecule has 0 bridgehead atoms. The fraction of sp³-hybridized carbons (Fsp3) is 0.500. The van der Waals surface area contributed by atoms with E-state index in [1.807, 2.05) is 10.7 Å². The van der Waals surface area contributed by atoms with Crippen molar-refractivity contribution in [1.82, 2.24) is 20.2 Å². The molecule has 1 aromatic heterocycles. The summed E-state index contributed by atoms with van der Waals surface area (Å²) in [4.78, 5) is 0. The Morgan fingerprint density at radius 1 is 1.35 bits per heavy atom. The van der Waals surface area contributed by atoms with Crippen LogP contribution in [0, 0.1) is 0 Å². The van der Waals surface area contributed by atoms with E-state index in [4.69, 9.17) is 17.3 Å². The maximum atomic E-state index is 6.06. The van der Waals surface area contributed by atoms with Crippen LogP contribution in [0.15, 0.2) is 18.2 Å². The van der Waals surface area contributed by atoms with Crippen molar-refractivity contribution in [1.29, 1.82) is 0 Å². The summed E-state index contributed by atoms with van der Waals surface area (Å²) in [6.07, 6.45) is 4.69. The molecule has 108 valence electrons. The number of aromatic nitrogens is 4. The van der Waals surface area contributed by atoms with Crippen LogP contribution in [-0.2, 0) is 0 Å². The van der Waals surface area contributed by atoms with E-state index in [9.17, 15) is 0 Å². The number of nitrogens with two attached hydrogens (primary N) is 1. The van der Waals surface area contributed by atoms with Gasteiger partial charge in [-0.2, -0.15) is 0 Å². The Hall–Kier alpha value is -1.62. The smallest absolute Gasteiger partial charge is 0.182 e. The van der Waals surface area contributed by atoms with Crippen LogP contribution in [-0.4, -0.2) is 20.2 Å². The first-order valence-electron chi connectivity index (χ1n) is 6.96. The molecule has 0 saturated heterocycles. The van der Waals surface area contributed by atoms with Crippen LogP contribution in [0.25, 0.3) is 11.4 Å². The minimum Gasteiger partial charge on any atom is -0.398 e. The molecule has 0 saturated carbocycles. The van der Waals surface area contributed by atoms with Crippen molar-refractivity contribution in [3.05, 3.63) is 23.2 Å². The summed E-state index contributed by atoms with van der Waals surface area (Å²) in [6, 6.07) is 5.74. The van der Waals surface area contributed by atoms with Crippen molar-refractivity contribution >= 4 is 17.3 Å². The maximum absolute atomic E-state index is 6.06. The fourth-order valence-corrected chi connectivity index (χ4v) is 2.34. The highest BCUT2D eigenvalue weighted by atomic mass is 35.5. The average Bonchev–Trinajstić information content (AvgIpc) is 2.91. The van der Waals surface area contributed by atoms with E-state index in [0.29, 0.717) is 10.7 Å². The van der Waals surface area contributed by atoms with E-state index in [2.05, 4.69) is 29.4 Å². The third-order valence-electron chi connectivity index (χ3n) is 3.39. The number of unbranched alkanes of at least 4 members (excludes halogenated alkanes) is 2. The van der Waals surface area contributed by atoms with Crippen molar-refractivity contribution < 1.29 is 0 Å². The van der Waals surface area contributed by atoms with Gasteiger partial charge in [0, 0.05) is 5.56 Å². The number of anilines is 1. The highest BCUT2D eigenvalue weighted by Crippen LogP contribution is 2.27. The summed E-state index contributed by atoms with van der Waals surface area (Å²) in [5.74, 6) is 0.732. The largest absolute Gasteiger partial charge is 0.398 e.